The van der Waals surface area contributed by atoms with Crippen molar-refractivity contribution in [1.29, 1.82) is 0 Å². The molecule has 0 aromatic carbocycles. The molecule has 2 heterocycles. The Hall–Kier alpha value is -2.08. The normalized spacial score (nSPS) is 13.9. The molecule has 0 saturated carbocycles. The van der Waals surface area contributed by atoms with Crippen LogP contribution in [0.15, 0.2) is 35.0 Å². The zero-order chi connectivity index (χ0) is 15.3. The van der Waals surface area contributed by atoms with E-state index in [1.165, 1.54) is 0 Å². The monoisotopic (exact) mass is 291 g/mol. The van der Waals surface area contributed by atoms with E-state index in [-0.39, 0.29) is 12.5 Å². The van der Waals surface area contributed by atoms with Crippen molar-refractivity contribution in [3.63, 3.8) is 0 Å². The number of aryl methyl sites for hydroxylation is 2. The van der Waals surface area contributed by atoms with Gasteiger partial charge >= 0.3 is 0 Å². The number of hydrogen-bond acceptors (Lipinski definition) is 4. The van der Waals surface area contributed by atoms with Crippen LogP contribution < -0.4 is 5.32 Å². The van der Waals surface area contributed by atoms with Gasteiger partial charge in [0.15, 0.2) is 0 Å². The topological polar surface area (TPSA) is 80.3 Å². The molecule has 0 spiro atoms. The molecule has 0 fully saturated rings. The van der Waals surface area contributed by atoms with Gasteiger partial charge in [0.1, 0.15) is 17.1 Å². The summed E-state index contributed by atoms with van der Waals surface area (Å²) >= 11 is 0. The van der Waals surface area contributed by atoms with Gasteiger partial charge in [-0.15, -0.1) is 0 Å². The van der Waals surface area contributed by atoms with Crippen molar-refractivity contribution in [3.05, 3.63) is 42.1 Å². The third-order valence-corrected chi connectivity index (χ3v) is 3.25. The van der Waals surface area contributed by atoms with Gasteiger partial charge in [0, 0.05) is 25.4 Å². The third kappa shape index (κ3) is 4.46. The molecule has 0 aliphatic heterocycles. The summed E-state index contributed by atoms with van der Waals surface area (Å²) in [5.74, 6) is 1.10. The molecule has 0 bridgehead atoms. The summed E-state index contributed by atoms with van der Waals surface area (Å²) in [5, 5.41) is 17.1. The molecule has 2 aromatic rings. The summed E-state index contributed by atoms with van der Waals surface area (Å²) < 4.78 is 7.18. The lowest BCUT2D eigenvalue weighted by molar-refractivity contribution is -0.122. The van der Waals surface area contributed by atoms with Crippen molar-refractivity contribution < 1.29 is 14.3 Å². The van der Waals surface area contributed by atoms with E-state index in [4.69, 9.17) is 4.42 Å². The number of hydrogen-bond donors (Lipinski definition) is 2. The van der Waals surface area contributed by atoms with Gasteiger partial charge in [-0.3, -0.25) is 9.48 Å². The summed E-state index contributed by atoms with van der Waals surface area (Å²) in [7, 11) is 0. The van der Waals surface area contributed by atoms with E-state index in [9.17, 15) is 9.90 Å². The fraction of sp³-hybridized carbons (Fsp3) is 0.467. The Bertz CT molecular complexity index is 573. The van der Waals surface area contributed by atoms with Crippen LogP contribution >= 0.6 is 0 Å². The van der Waals surface area contributed by atoms with Gasteiger partial charge < -0.3 is 14.8 Å². The Morgan fingerprint density at radius 1 is 1.52 bits per heavy atom. The van der Waals surface area contributed by atoms with Crippen LogP contribution in [0.25, 0.3) is 0 Å². The third-order valence-electron chi connectivity index (χ3n) is 3.25. The number of nitrogens with one attached hydrogen (secondary N) is 1. The van der Waals surface area contributed by atoms with Crippen LogP contribution in [0, 0.1) is 6.92 Å². The maximum Gasteiger partial charge on any atom is 0.220 e. The first-order valence-electron chi connectivity index (χ1n) is 7.01. The van der Waals surface area contributed by atoms with Gasteiger partial charge in [-0.25, -0.2) is 0 Å². The fourth-order valence-corrected chi connectivity index (χ4v) is 2.00. The molecule has 6 nitrogen and oxygen atoms in total. The number of aliphatic hydroxyl groups is 1. The van der Waals surface area contributed by atoms with E-state index in [2.05, 4.69) is 10.4 Å². The minimum Gasteiger partial charge on any atom is -0.463 e. The quantitative estimate of drug-likeness (QED) is 0.812. The number of carbonyl (C=O) groups is 1. The number of aromatic nitrogens is 2. The highest BCUT2D eigenvalue weighted by molar-refractivity contribution is 5.75. The summed E-state index contributed by atoms with van der Waals surface area (Å²) in [5.41, 5.74) is -1.20. The van der Waals surface area contributed by atoms with E-state index in [0.29, 0.717) is 25.1 Å². The number of carbonyl (C=O) groups excluding carboxylic acids is 1. The minimum absolute atomic E-state index is 0.0919. The second-order valence-corrected chi connectivity index (χ2v) is 5.33. The highest BCUT2D eigenvalue weighted by atomic mass is 16.4. The van der Waals surface area contributed by atoms with Crippen LogP contribution in [0.1, 0.15) is 31.3 Å². The Morgan fingerprint density at radius 3 is 2.95 bits per heavy atom. The largest absolute Gasteiger partial charge is 0.463 e. The van der Waals surface area contributed by atoms with Crippen molar-refractivity contribution in [1.82, 2.24) is 15.1 Å². The second-order valence-electron chi connectivity index (χ2n) is 5.33. The molecule has 21 heavy (non-hydrogen) atoms. The van der Waals surface area contributed by atoms with E-state index in [0.717, 1.165) is 5.76 Å². The van der Waals surface area contributed by atoms with Crippen molar-refractivity contribution >= 4 is 5.91 Å². The molecular formula is C15H21N3O3. The molecule has 0 aliphatic rings. The van der Waals surface area contributed by atoms with Gasteiger partial charge in [-0.05, 0) is 38.5 Å². The summed E-state index contributed by atoms with van der Waals surface area (Å²) in [6, 6.07) is 5.36. The summed E-state index contributed by atoms with van der Waals surface area (Å²) in [6.45, 7) is 4.26. The zero-order valence-corrected chi connectivity index (χ0v) is 12.4. The average molecular weight is 291 g/mol. The number of amides is 1. The number of furan rings is 1. The lowest BCUT2D eigenvalue weighted by Crippen LogP contribution is -2.38. The van der Waals surface area contributed by atoms with Gasteiger partial charge in [-0.1, -0.05) is 0 Å². The second kappa shape index (κ2) is 6.58. The minimum atomic E-state index is -1.20. The van der Waals surface area contributed by atoms with Crippen LogP contribution in [-0.2, 0) is 16.9 Å². The van der Waals surface area contributed by atoms with E-state index in [1.807, 2.05) is 19.2 Å². The lowest BCUT2D eigenvalue weighted by Gasteiger charge is -2.21. The van der Waals surface area contributed by atoms with Crippen LogP contribution in [0.3, 0.4) is 0 Å². The molecule has 0 aliphatic carbocycles. The molecule has 2 rings (SSSR count). The van der Waals surface area contributed by atoms with E-state index >= 15 is 0 Å². The maximum absolute atomic E-state index is 11.8. The Labute approximate surface area is 123 Å². The molecular weight excluding hydrogens is 270 g/mol. The molecule has 114 valence electrons. The first-order valence-corrected chi connectivity index (χ1v) is 7.01. The molecule has 2 N–H and O–H groups in total. The number of rotatable bonds is 7. The van der Waals surface area contributed by atoms with E-state index < -0.39 is 5.60 Å². The van der Waals surface area contributed by atoms with Crippen LogP contribution in [0.2, 0.25) is 0 Å². The smallest absolute Gasteiger partial charge is 0.220 e. The molecule has 6 heteroatoms. The first-order chi connectivity index (χ1) is 9.97. The predicted molar refractivity (Wildman–Crippen MR) is 77.5 cm³/mol. The highest BCUT2D eigenvalue weighted by Crippen LogP contribution is 2.21. The molecule has 0 saturated heterocycles. The SMILES string of the molecule is Cc1ccc([C@@](C)(O)CNC(=O)CCCn2cccn2)o1. The summed E-state index contributed by atoms with van der Waals surface area (Å²) in [4.78, 5) is 11.8. The average Bonchev–Trinajstić information content (AvgIpc) is 3.08. The molecule has 0 radical (unpaired) electrons. The van der Waals surface area contributed by atoms with Crippen LogP contribution in [-0.4, -0.2) is 27.3 Å². The van der Waals surface area contributed by atoms with Gasteiger partial charge in [-0.2, -0.15) is 5.10 Å². The van der Waals surface area contributed by atoms with Crippen LogP contribution in [0.4, 0.5) is 0 Å². The van der Waals surface area contributed by atoms with Gasteiger partial charge in [0.25, 0.3) is 0 Å². The van der Waals surface area contributed by atoms with Gasteiger partial charge in [0.2, 0.25) is 5.91 Å². The Morgan fingerprint density at radius 2 is 2.33 bits per heavy atom. The highest BCUT2D eigenvalue weighted by Gasteiger charge is 2.27. The predicted octanol–water partition coefficient (Wildman–Crippen LogP) is 1.59. The molecule has 0 unspecified atom stereocenters. The zero-order valence-electron chi connectivity index (χ0n) is 12.4. The Kier molecular flexibility index (Phi) is 4.80. The molecule has 1 amide bonds. The van der Waals surface area contributed by atoms with Crippen molar-refractivity contribution in [2.24, 2.45) is 0 Å². The fourth-order valence-electron chi connectivity index (χ4n) is 2.00. The molecule has 1 atom stereocenters. The van der Waals surface area contributed by atoms with Gasteiger partial charge in [0.05, 0.1) is 6.54 Å². The van der Waals surface area contributed by atoms with Crippen molar-refractivity contribution in [2.45, 2.75) is 38.8 Å². The van der Waals surface area contributed by atoms with Crippen molar-refractivity contribution in [3.8, 4) is 0 Å². The summed E-state index contributed by atoms with van der Waals surface area (Å²) in [6.07, 6.45) is 4.67. The van der Waals surface area contributed by atoms with E-state index in [1.54, 1.807) is 29.9 Å². The van der Waals surface area contributed by atoms with Crippen molar-refractivity contribution in [2.75, 3.05) is 6.54 Å². The van der Waals surface area contributed by atoms with Crippen LogP contribution in [0.5, 0.6) is 0 Å². The lowest BCUT2D eigenvalue weighted by atomic mass is 10.0. The maximum atomic E-state index is 11.8. The number of nitrogens with zero attached hydrogens (tertiary/aromatic N) is 2. The first kappa shape index (κ1) is 15.3. The Balaban J connectivity index is 1.73. The molecule has 2 aromatic heterocycles. The standard InChI is InChI=1S/C15H21N3O3/c1-12-6-7-13(21-12)15(2,20)11-16-14(19)5-3-9-18-10-4-8-17-18/h4,6-8,10,20H,3,5,9,11H2,1-2H3,(H,16,19)/t15-/m0/s1.